The summed E-state index contributed by atoms with van der Waals surface area (Å²) in [5, 5.41) is 10.1. The summed E-state index contributed by atoms with van der Waals surface area (Å²) in [6, 6.07) is 0. The molecule has 4 fully saturated rings. The summed E-state index contributed by atoms with van der Waals surface area (Å²) < 4.78 is 0. The first-order valence-electron chi connectivity index (χ1n) is 9.62. The SMILES string of the molecule is C[C@]12CC[C@H](O)C[C@@H]1CC[C@@H]1[C@@H]2CC[C@]2(C)C(C=O)CC[C@@H]12. The maximum absolute atomic E-state index is 11.5. The molecule has 4 aliphatic rings. The highest BCUT2D eigenvalue weighted by molar-refractivity contribution is 5.56. The third kappa shape index (κ3) is 1.92. The van der Waals surface area contributed by atoms with Gasteiger partial charge in [-0.25, -0.2) is 0 Å². The van der Waals surface area contributed by atoms with Crippen molar-refractivity contribution in [2.45, 2.75) is 77.7 Å². The van der Waals surface area contributed by atoms with E-state index in [9.17, 15) is 9.90 Å². The number of aliphatic hydroxyl groups excluding tert-OH is 1. The Kier molecular flexibility index (Phi) is 3.49. The topological polar surface area (TPSA) is 37.3 Å². The largest absolute Gasteiger partial charge is 0.393 e. The molecule has 4 saturated carbocycles. The zero-order chi connectivity index (χ0) is 15.5. The van der Waals surface area contributed by atoms with Gasteiger partial charge in [-0.15, -0.1) is 0 Å². The fourth-order valence-electron chi connectivity index (χ4n) is 7.50. The van der Waals surface area contributed by atoms with Crippen molar-refractivity contribution in [3.05, 3.63) is 0 Å². The van der Waals surface area contributed by atoms with E-state index in [0.717, 1.165) is 42.9 Å². The van der Waals surface area contributed by atoms with Crippen molar-refractivity contribution in [3.8, 4) is 0 Å². The number of carbonyl (C=O) groups is 1. The molecule has 0 spiro atoms. The van der Waals surface area contributed by atoms with E-state index in [1.54, 1.807) is 0 Å². The fourth-order valence-corrected chi connectivity index (χ4v) is 7.50. The van der Waals surface area contributed by atoms with Crippen LogP contribution >= 0.6 is 0 Å². The molecule has 0 radical (unpaired) electrons. The van der Waals surface area contributed by atoms with Crippen LogP contribution in [0.1, 0.15) is 71.6 Å². The van der Waals surface area contributed by atoms with Gasteiger partial charge >= 0.3 is 0 Å². The van der Waals surface area contributed by atoms with Gasteiger partial charge in [-0.05, 0) is 92.3 Å². The third-order valence-corrected chi connectivity index (χ3v) is 8.88. The first kappa shape index (κ1) is 15.2. The van der Waals surface area contributed by atoms with E-state index in [4.69, 9.17) is 0 Å². The zero-order valence-corrected chi connectivity index (χ0v) is 14.3. The molecule has 0 aliphatic heterocycles. The van der Waals surface area contributed by atoms with Gasteiger partial charge in [0.25, 0.3) is 0 Å². The lowest BCUT2D eigenvalue weighted by atomic mass is 9.45. The van der Waals surface area contributed by atoms with Crippen molar-refractivity contribution in [2.24, 2.45) is 40.4 Å². The Morgan fingerprint density at radius 3 is 2.41 bits per heavy atom. The zero-order valence-electron chi connectivity index (χ0n) is 14.3. The van der Waals surface area contributed by atoms with Crippen LogP contribution in [0.3, 0.4) is 0 Å². The summed E-state index contributed by atoms with van der Waals surface area (Å²) >= 11 is 0. The van der Waals surface area contributed by atoms with Gasteiger partial charge in [0.05, 0.1) is 6.10 Å². The third-order valence-electron chi connectivity index (χ3n) is 8.88. The van der Waals surface area contributed by atoms with Crippen LogP contribution in [0.25, 0.3) is 0 Å². The summed E-state index contributed by atoms with van der Waals surface area (Å²) in [6.07, 6.45) is 12.2. The average Bonchev–Trinajstić information content (AvgIpc) is 2.84. The van der Waals surface area contributed by atoms with Gasteiger partial charge in [-0.2, -0.15) is 0 Å². The van der Waals surface area contributed by atoms with Crippen molar-refractivity contribution in [1.82, 2.24) is 0 Å². The van der Waals surface area contributed by atoms with Crippen LogP contribution in [-0.4, -0.2) is 17.5 Å². The van der Waals surface area contributed by atoms with E-state index in [1.807, 2.05) is 0 Å². The Labute approximate surface area is 135 Å². The first-order chi connectivity index (χ1) is 10.5. The van der Waals surface area contributed by atoms with Gasteiger partial charge in [0, 0.05) is 5.92 Å². The molecular formula is C20H32O2. The summed E-state index contributed by atoms with van der Waals surface area (Å²) in [4.78, 5) is 11.5. The lowest BCUT2D eigenvalue weighted by Gasteiger charge is -2.60. The Hall–Kier alpha value is -0.370. The Morgan fingerprint density at radius 2 is 1.64 bits per heavy atom. The summed E-state index contributed by atoms with van der Waals surface area (Å²) in [5.41, 5.74) is 0.753. The molecule has 0 aromatic rings. The van der Waals surface area contributed by atoms with Crippen molar-refractivity contribution in [1.29, 1.82) is 0 Å². The maximum Gasteiger partial charge on any atom is 0.123 e. The molecule has 2 heteroatoms. The molecule has 0 amide bonds. The van der Waals surface area contributed by atoms with Crippen LogP contribution < -0.4 is 0 Å². The predicted octanol–water partition coefficient (Wildman–Crippen LogP) is 4.21. The molecule has 2 nitrogen and oxygen atoms in total. The molecule has 0 aromatic heterocycles. The monoisotopic (exact) mass is 304 g/mol. The van der Waals surface area contributed by atoms with Crippen molar-refractivity contribution in [3.63, 3.8) is 0 Å². The number of carbonyl (C=O) groups excluding carboxylic acids is 1. The lowest BCUT2D eigenvalue weighted by molar-refractivity contribution is -0.133. The van der Waals surface area contributed by atoms with Crippen molar-refractivity contribution in [2.75, 3.05) is 0 Å². The number of rotatable bonds is 1. The number of aldehydes is 1. The van der Waals surface area contributed by atoms with E-state index < -0.39 is 0 Å². The van der Waals surface area contributed by atoms with Crippen LogP contribution in [0, 0.1) is 40.4 Å². The molecule has 1 unspecified atom stereocenters. The molecule has 1 N–H and O–H groups in total. The van der Waals surface area contributed by atoms with E-state index >= 15 is 0 Å². The van der Waals surface area contributed by atoms with Gasteiger partial charge in [-0.1, -0.05) is 13.8 Å². The van der Waals surface area contributed by atoms with Gasteiger partial charge in [0.2, 0.25) is 0 Å². The Bertz CT molecular complexity index is 461. The number of aliphatic hydroxyl groups is 1. The molecule has 0 bridgehead atoms. The van der Waals surface area contributed by atoms with Gasteiger partial charge < -0.3 is 9.90 Å². The minimum Gasteiger partial charge on any atom is -0.393 e. The normalized spacial score (nSPS) is 57.6. The summed E-state index contributed by atoms with van der Waals surface area (Å²) in [7, 11) is 0. The van der Waals surface area contributed by atoms with E-state index in [2.05, 4.69) is 13.8 Å². The molecule has 8 atom stereocenters. The van der Waals surface area contributed by atoms with Crippen LogP contribution in [-0.2, 0) is 4.79 Å². The minimum absolute atomic E-state index is 0.0468. The maximum atomic E-state index is 11.5. The molecule has 22 heavy (non-hydrogen) atoms. The Morgan fingerprint density at radius 1 is 0.909 bits per heavy atom. The standard InChI is InChI=1S/C20H32O2/c1-19-9-7-15(22)11-13(19)3-5-16-17-6-4-14(12-21)20(17,2)10-8-18(16)19/h12-18,22H,3-11H2,1-2H3/t13-,14?,15-,16-,17-,18-,19-,20+/m0/s1. The fraction of sp³-hybridized carbons (Fsp3) is 0.950. The second kappa shape index (κ2) is 5.06. The molecule has 124 valence electrons. The van der Waals surface area contributed by atoms with Crippen LogP contribution in [0.4, 0.5) is 0 Å². The van der Waals surface area contributed by atoms with Crippen molar-refractivity contribution < 1.29 is 9.90 Å². The average molecular weight is 304 g/mol. The smallest absolute Gasteiger partial charge is 0.123 e. The second-order valence-corrected chi connectivity index (χ2v) is 9.45. The number of hydrogen-bond donors (Lipinski definition) is 1. The quantitative estimate of drug-likeness (QED) is 0.737. The van der Waals surface area contributed by atoms with Crippen LogP contribution in [0.2, 0.25) is 0 Å². The molecule has 4 aliphatic carbocycles. The summed E-state index contributed by atoms with van der Waals surface area (Å²) in [5.74, 6) is 3.54. The molecule has 0 heterocycles. The molecule has 0 aromatic carbocycles. The Balaban J connectivity index is 1.62. The van der Waals surface area contributed by atoms with Gasteiger partial charge in [-0.3, -0.25) is 0 Å². The lowest BCUT2D eigenvalue weighted by Crippen LogP contribution is -2.54. The van der Waals surface area contributed by atoms with E-state index in [0.29, 0.717) is 16.7 Å². The van der Waals surface area contributed by atoms with Gasteiger partial charge in [0.15, 0.2) is 0 Å². The van der Waals surface area contributed by atoms with Gasteiger partial charge in [0.1, 0.15) is 6.29 Å². The number of hydrogen-bond acceptors (Lipinski definition) is 2. The summed E-state index contributed by atoms with van der Waals surface area (Å²) in [6.45, 7) is 4.95. The minimum atomic E-state index is -0.0468. The predicted molar refractivity (Wildman–Crippen MR) is 87.3 cm³/mol. The number of fused-ring (bicyclic) bond motifs is 5. The van der Waals surface area contributed by atoms with E-state index in [-0.39, 0.29) is 6.10 Å². The highest BCUT2D eigenvalue weighted by atomic mass is 16.3. The van der Waals surface area contributed by atoms with Crippen LogP contribution in [0.5, 0.6) is 0 Å². The highest BCUT2D eigenvalue weighted by Gasteiger charge is 2.59. The van der Waals surface area contributed by atoms with E-state index in [1.165, 1.54) is 44.8 Å². The molecule has 0 saturated heterocycles. The first-order valence-corrected chi connectivity index (χ1v) is 9.62. The molecular weight excluding hydrogens is 272 g/mol. The molecule has 4 rings (SSSR count). The van der Waals surface area contributed by atoms with Crippen LogP contribution in [0.15, 0.2) is 0 Å². The second-order valence-electron chi connectivity index (χ2n) is 9.45. The van der Waals surface area contributed by atoms with Crippen molar-refractivity contribution >= 4 is 6.29 Å². The highest BCUT2D eigenvalue weighted by Crippen LogP contribution is 2.67.